The molecule has 0 spiro atoms. The number of hydrogen-bond donors (Lipinski definition) is 2. The molecule has 0 aromatic heterocycles. The summed E-state index contributed by atoms with van der Waals surface area (Å²) in [5.41, 5.74) is 5.23. The molecule has 0 aromatic rings. The first-order valence-corrected chi connectivity index (χ1v) is 7.90. The number of rotatable bonds is 7. The molecule has 3 N–H and O–H groups in total. The number of nitrogens with two attached hydrogens (primary N) is 1. The Balaban J connectivity index is 1.84. The van der Waals surface area contributed by atoms with Crippen LogP contribution in [0.25, 0.3) is 0 Å². The topological polar surface area (TPSA) is 55.1 Å². The van der Waals surface area contributed by atoms with Crippen LogP contribution >= 0.6 is 11.8 Å². The van der Waals surface area contributed by atoms with Gasteiger partial charge in [-0.1, -0.05) is 13.3 Å². The summed E-state index contributed by atoms with van der Waals surface area (Å²) in [5.74, 6) is 1.09. The van der Waals surface area contributed by atoms with E-state index >= 15 is 0 Å². The number of hydrogen-bond acceptors (Lipinski definition) is 3. The summed E-state index contributed by atoms with van der Waals surface area (Å²) in [5, 5.41) is 4.12. The third-order valence-electron chi connectivity index (χ3n) is 3.85. The Kier molecular flexibility index (Phi) is 4.36. The number of carbonyl (C=O) groups excluding carboxylic acids is 1. The minimum atomic E-state index is -0.384. The van der Waals surface area contributed by atoms with Crippen molar-refractivity contribution in [1.82, 2.24) is 5.32 Å². The largest absolute Gasteiger partial charge is 0.368 e. The Morgan fingerprint density at radius 1 is 1.47 bits per heavy atom. The lowest BCUT2D eigenvalue weighted by Crippen LogP contribution is -2.54. The first-order chi connectivity index (χ1) is 8.16. The predicted octanol–water partition coefficient (Wildman–Crippen LogP) is 2.05. The van der Waals surface area contributed by atoms with Crippen molar-refractivity contribution < 1.29 is 4.79 Å². The molecular weight excluding hydrogens is 232 g/mol. The lowest BCUT2D eigenvalue weighted by molar-refractivity contribution is -0.124. The molecule has 2 atom stereocenters. The van der Waals surface area contributed by atoms with Gasteiger partial charge < -0.3 is 11.1 Å². The van der Waals surface area contributed by atoms with Crippen LogP contribution in [-0.2, 0) is 4.79 Å². The third-order valence-corrected chi connectivity index (χ3v) is 5.25. The first-order valence-electron chi connectivity index (χ1n) is 6.85. The van der Waals surface area contributed by atoms with Crippen LogP contribution in [0.1, 0.15) is 51.9 Å². The van der Waals surface area contributed by atoms with Crippen LogP contribution in [0.4, 0.5) is 0 Å². The first kappa shape index (κ1) is 13.2. The summed E-state index contributed by atoms with van der Waals surface area (Å²) in [6, 6.07) is 0.557. The van der Waals surface area contributed by atoms with Gasteiger partial charge in [-0.3, -0.25) is 4.79 Å². The van der Waals surface area contributed by atoms with Gasteiger partial charge in [0.2, 0.25) is 5.91 Å². The Morgan fingerprint density at radius 2 is 2.24 bits per heavy atom. The van der Waals surface area contributed by atoms with Crippen LogP contribution in [0, 0.1) is 0 Å². The highest BCUT2D eigenvalue weighted by Gasteiger charge is 2.46. The zero-order valence-electron chi connectivity index (χ0n) is 10.7. The molecule has 0 bridgehead atoms. The number of amides is 1. The van der Waals surface area contributed by atoms with Gasteiger partial charge in [-0.05, 0) is 44.3 Å². The molecule has 0 saturated heterocycles. The van der Waals surface area contributed by atoms with Crippen molar-refractivity contribution in [2.24, 2.45) is 5.73 Å². The summed E-state index contributed by atoms with van der Waals surface area (Å²) in [6.07, 6.45) is 7.96. The second-order valence-electron chi connectivity index (χ2n) is 5.45. The second kappa shape index (κ2) is 5.61. The van der Waals surface area contributed by atoms with Crippen molar-refractivity contribution in [3.63, 3.8) is 0 Å². The Hall–Kier alpha value is -0.220. The normalized spacial score (nSPS) is 32.9. The summed E-state index contributed by atoms with van der Waals surface area (Å²) in [4.78, 5) is 11.7. The zero-order chi connectivity index (χ0) is 12.3. The van der Waals surface area contributed by atoms with Crippen LogP contribution in [0.2, 0.25) is 0 Å². The molecule has 1 amide bonds. The van der Waals surface area contributed by atoms with E-state index in [2.05, 4.69) is 12.2 Å². The molecular formula is C13H24N2OS. The van der Waals surface area contributed by atoms with E-state index in [1.807, 2.05) is 11.8 Å². The minimum Gasteiger partial charge on any atom is -0.368 e. The molecule has 2 saturated carbocycles. The van der Waals surface area contributed by atoms with E-state index in [-0.39, 0.29) is 11.4 Å². The minimum absolute atomic E-state index is 0.136. The Morgan fingerprint density at radius 3 is 2.82 bits per heavy atom. The quantitative estimate of drug-likeness (QED) is 0.685. The zero-order valence-corrected chi connectivity index (χ0v) is 11.5. The van der Waals surface area contributed by atoms with Gasteiger partial charge in [0.1, 0.15) is 0 Å². The van der Waals surface area contributed by atoms with E-state index in [0.29, 0.717) is 11.3 Å². The Bertz CT molecular complexity index is 281. The van der Waals surface area contributed by atoms with E-state index < -0.39 is 0 Å². The number of nitrogens with one attached hydrogen (secondary N) is 1. The molecule has 2 fully saturated rings. The predicted molar refractivity (Wildman–Crippen MR) is 73.1 cm³/mol. The van der Waals surface area contributed by atoms with E-state index in [4.69, 9.17) is 5.73 Å². The molecule has 4 heteroatoms. The highest BCUT2D eigenvalue weighted by molar-refractivity contribution is 7.99. The Labute approximate surface area is 108 Å². The smallest absolute Gasteiger partial charge is 0.237 e. The van der Waals surface area contributed by atoms with Gasteiger partial charge in [-0.25, -0.2) is 0 Å². The summed E-state index contributed by atoms with van der Waals surface area (Å²) < 4.78 is 0. The van der Waals surface area contributed by atoms with Gasteiger partial charge in [0.05, 0.1) is 5.54 Å². The molecule has 98 valence electrons. The molecule has 0 radical (unpaired) electrons. The van der Waals surface area contributed by atoms with Crippen molar-refractivity contribution in [2.75, 3.05) is 5.75 Å². The van der Waals surface area contributed by atoms with Crippen LogP contribution in [0.15, 0.2) is 0 Å². The summed E-state index contributed by atoms with van der Waals surface area (Å²) >= 11 is 2.03. The van der Waals surface area contributed by atoms with Crippen LogP contribution in [-0.4, -0.2) is 28.5 Å². The molecule has 17 heavy (non-hydrogen) atoms. The van der Waals surface area contributed by atoms with Gasteiger partial charge in [-0.2, -0.15) is 11.8 Å². The fourth-order valence-corrected chi connectivity index (χ4v) is 4.06. The number of thioether (sulfide) groups is 1. The molecule has 0 heterocycles. The van der Waals surface area contributed by atoms with Gasteiger partial charge in [0, 0.05) is 11.3 Å². The van der Waals surface area contributed by atoms with Crippen LogP contribution in [0.5, 0.6) is 0 Å². The van der Waals surface area contributed by atoms with E-state index in [1.165, 1.54) is 31.4 Å². The van der Waals surface area contributed by atoms with Crippen molar-refractivity contribution in [3.05, 3.63) is 0 Å². The number of carbonyl (C=O) groups is 1. The van der Waals surface area contributed by atoms with Crippen molar-refractivity contribution >= 4 is 17.7 Å². The van der Waals surface area contributed by atoms with Gasteiger partial charge in [0.15, 0.2) is 0 Å². The fourth-order valence-electron chi connectivity index (χ4n) is 2.58. The summed E-state index contributed by atoms with van der Waals surface area (Å²) in [7, 11) is 0. The monoisotopic (exact) mass is 256 g/mol. The standard InChI is InChI=1S/C13H24N2OS/c1-2-3-8-17-11-6-7-13(9-11,12(14)16)15-10-4-5-10/h10-11,15H,2-9H2,1H3,(H2,14,16). The van der Waals surface area contributed by atoms with Gasteiger partial charge >= 0.3 is 0 Å². The number of primary amides is 1. The molecule has 2 rings (SSSR count). The van der Waals surface area contributed by atoms with E-state index in [0.717, 1.165) is 19.3 Å². The third kappa shape index (κ3) is 3.38. The summed E-state index contributed by atoms with van der Waals surface area (Å²) in [6.45, 7) is 2.22. The average Bonchev–Trinajstić information content (AvgIpc) is 2.99. The highest BCUT2D eigenvalue weighted by Crippen LogP contribution is 2.39. The van der Waals surface area contributed by atoms with Crippen LogP contribution < -0.4 is 11.1 Å². The van der Waals surface area contributed by atoms with Gasteiger partial charge in [-0.15, -0.1) is 0 Å². The maximum atomic E-state index is 11.7. The maximum absolute atomic E-state index is 11.7. The van der Waals surface area contributed by atoms with E-state index in [9.17, 15) is 4.79 Å². The number of unbranched alkanes of at least 4 members (excludes halogenated alkanes) is 1. The fraction of sp³-hybridized carbons (Fsp3) is 0.923. The average molecular weight is 256 g/mol. The SMILES string of the molecule is CCCCSC1CCC(NC2CC2)(C(N)=O)C1. The highest BCUT2D eigenvalue weighted by atomic mass is 32.2. The maximum Gasteiger partial charge on any atom is 0.237 e. The molecule has 2 aliphatic rings. The lowest BCUT2D eigenvalue weighted by atomic mass is 9.96. The van der Waals surface area contributed by atoms with Crippen molar-refractivity contribution in [1.29, 1.82) is 0 Å². The van der Waals surface area contributed by atoms with Crippen molar-refractivity contribution in [3.8, 4) is 0 Å². The molecule has 0 aliphatic heterocycles. The van der Waals surface area contributed by atoms with E-state index in [1.54, 1.807) is 0 Å². The lowest BCUT2D eigenvalue weighted by Gasteiger charge is -2.27. The molecule has 3 nitrogen and oxygen atoms in total. The van der Waals surface area contributed by atoms with Gasteiger partial charge in [0.25, 0.3) is 0 Å². The second-order valence-corrected chi connectivity index (χ2v) is 6.86. The van der Waals surface area contributed by atoms with Crippen molar-refractivity contribution in [2.45, 2.75) is 68.7 Å². The molecule has 2 unspecified atom stereocenters. The molecule has 0 aromatic carbocycles. The molecule has 2 aliphatic carbocycles. The van der Waals surface area contributed by atoms with Crippen LogP contribution in [0.3, 0.4) is 0 Å².